The minimum absolute atomic E-state index is 0.163. The Kier molecular flexibility index (Phi) is 8.58. The molecule has 1 saturated carbocycles. The molecule has 1 amide bonds. The molecule has 5 rings (SSSR count). The summed E-state index contributed by atoms with van der Waals surface area (Å²) in [6.45, 7) is 18.6. The molecule has 1 atom stereocenters. The molecular weight excluding hydrogens is 568 g/mol. The zero-order valence-corrected chi connectivity index (χ0v) is 28.2. The molecular formula is C34H44N6O3Si. The minimum atomic E-state index is -1.87. The first-order chi connectivity index (χ1) is 20.6. The number of carbonyl (C=O) groups is 1. The summed E-state index contributed by atoms with van der Waals surface area (Å²) in [6, 6.07) is 11.5. The lowest BCUT2D eigenvalue weighted by Gasteiger charge is -2.38. The first-order valence-electron chi connectivity index (χ1n) is 15.4. The molecule has 2 aliphatic rings. The number of hydrogen-bond acceptors (Lipinski definition) is 8. The van der Waals surface area contributed by atoms with Crippen molar-refractivity contribution in [3.63, 3.8) is 0 Å². The summed E-state index contributed by atoms with van der Waals surface area (Å²) >= 11 is 0. The lowest BCUT2D eigenvalue weighted by molar-refractivity contribution is 0.0597. The van der Waals surface area contributed by atoms with E-state index in [1.807, 2.05) is 39.2 Å². The van der Waals surface area contributed by atoms with Crippen molar-refractivity contribution in [1.29, 1.82) is 5.26 Å². The maximum atomic E-state index is 13.6. The van der Waals surface area contributed by atoms with Crippen LogP contribution in [0.4, 0.5) is 22.1 Å². The normalized spacial score (nSPS) is 17.3. The van der Waals surface area contributed by atoms with Crippen molar-refractivity contribution in [3.05, 3.63) is 60.0 Å². The van der Waals surface area contributed by atoms with Gasteiger partial charge in [-0.3, -0.25) is 4.98 Å². The maximum Gasteiger partial charge on any atom is 0.421 e. The summed E-state index contributed by atoms with van der Waals surface area (Å²) in [6.07, 6.45) is 7.97. The number of amides is 1. The van der Waals surface area contributed by atoms with Gasteiger partial charge in [0, 0.05) is 31.0 Å². The van der Waals surface area contributed by atoms with Gasteiger partial charge in [-0.2, -0.15) is 5.26 Å². The molecule has 0 N–H and O–H groups in total. The van der Waals surface area contributed by atoms with Crippen LogP contribution in [0.5, 0.6) is 0 Å². The highest BCUT2D eigenvalue weighted by atomic mass is 28.4. The van der Waals surface area contributed by atoms with Gasteiger partial charge in [-0.1, -0.05) is 20.8 Å². The van der Waals surface area contributed by atoms with Crippen molar-refractivity contribution in [2.75, 3.05) is 22.9 Å². The van der Waals surface area contributed by atoms with Gasteiger partial charge in [0.15, 0.2) is 8.32 Å². The van der Waals surface area contributed by atoms with E-state index in [0.717, 1.165) is 54.9 Å². The Labute approximate surface area is 262 Å². The zero-order valence-electron chi connectivity index (χ0n) is 27.2. The smallest absolute Gasteiger partial charge is 0.421 e. The molecule has 1 saturated heterocycles. The number of carbonyl (C=O) groups excluding carboxylic acids is 1. The van der Waals surface area contributed by atoms with E-state index in [1.165, 1.54) is 11.1 Å². The molecule has 0 spiro atoms. The molecule has 0 radical (unpaired) electrons. The van der Waals surface area contributed by atoms with Crippen LogP contribution in [0, 0.1) is 11.3 Å². The molecule has 0 bridgehead atoms. The summed E-state index contributed by atoms with van der Waals surface area (Å²) in [5.41, 5.74) is 3.36. The zero-order chi connectivity index (χ0) is 31.9. The number of nitrogens with zero attached hydrogens (tertiary/aromatic N) is 6. The fourth-order valence-corrected chi connectivity index (χ4v) is 6.45. The third-order valence-electron chi connectivity index (χ3n) is 8.59. The highest BCUT2D eigenvalue weighted by Gasteiger charge is 2.40. The second kappa shape index (κ2) is 11.9. The number of nitriles is 1. The lowest BCUT2D eigenvalue weighted by atomic mass is 10.1. The quantitative estimate of drug-likeness (QED) is 0.248. The Bertz CT molecular complexity index is 1570. The summed E-state index contributed by atoms with van der Waals surface area (Å²) in [4.78, 5) is 31.4. The molecule has 3 aromatic rings. The molecule has 1 aliphatic carbocycles. The van der Waals surface area contributed by atoms with Gasteiger partial charge in [0.05, 0.1) is 35.3 Å². The standard InChI is InChI=1S/C34H44N6O3Si/c1-33(2,3)42-32(41)40(30-15-23(19-35)11-13-37-30)31-18-25(24-9-10-24)17-29(38-31)26-16-27(21-36-20-26)39-14-12-28(22-39)43-44(7,8)34(4,5)6/h11,13,15-18,20-21,24,28H,9-10,12,14,22H2,1-8H3. The molecule has 44 heavy (non-hydrogen) atoms. The Morgan fingerprint density at radius 1 is 1.05 bits per heavy atom. The predicted molar refractivity (Wildman–Crippen MR) is 176 cm³/mol. The first kappa shape index (κ1) is 31.6. The average Bonchev–Trinajstić information content (AvgIpc) is 3.70. The number of pyridine rings is 3. The Hall–Kier alpha value is -3.81. The van der Waals surface area contributed by atoms with Crippen LogP contribution in [-0.2, 0) is 9.16 Å². The number of rotatable bonds is 7. The predicted octanol–water partition coefficient (Wildman–Crippen LogP) is 7.96. The van der Waals surface area contributed by atoms with Gasteiger partial charge in [-0.05, 0) is 100.0 Å². The van der Waals surface area contributed by atoms with Gasteiger partial charge in [0.2, 0.25) is 0 Å². The van der Waals surface area contributed by atoms with Gasteiger partial charge in [0.1, 0.15) is 17.2 Å². The molecule has 0 aromatic carbocycles. The van der Waals surface area contributed by atoms with Crippen LogP contribution in [0.1, 0.15) is 77.8 Å². The lowest BCUT2D eigenvalue weighted by Crippen LogP contribution is -2.44. The van der Waals surface area contributed by atoms with Crippen LogP contribution >= 0.6 is 0 Å². The first-order valence-corrected chi connectivity index (χ1v) is 18.3. The molecule has 10 heteroatoms. The van der Waals surface area contributed by atoms with E-state index in [9.17, 15) is 10.1 Å². The van der Waals surface area contributed by atoms with E-state index in [4.69, 9.17) is 14.1 Å². The van der Waals surface area contributed by atoms with E-state index in [0.29, 0.717) is 17.3 Å². The second-order valence-electron chi connectivity index (χ2n) is 14.4. The van der Waals surface area contributed by atoms with Crippen LogP contribution in [0.15, 0.2) is 48.9 Å². The van der Waals surface area contributed by atoms with E-state index in [-0.39, 0.29) is 17.0 Å². The van der Waals surface area contributed by atoms with Gasteiger partial charge in [-0.15, -0.1) is 0 Å². The van der Waals surface area contributed by atoms with Crippen molar-refractivity contribution in [3.8, 4) is 17.3 Å². The van der Waals surface area contributed by atoms with Gasteiger partial charge in [0.25, 0.3) is 0 Å². The Morgan fingerprint density at radius 2 is 1.80 bits per heavy atom. The molecule has 1 unspecified atom stereocenters. The van der Waals surface area contributed by atoms with E-state index >= 15 is 0 Å². The van der Waals surface area contributed by atoms with E-state index in [2.05, 4.69) is 66.9 Å². The topological polar surface area (TPSA) is 104 Å². The summed E-state index contributed by atoms with van der Waals surface area (Å²) in [7, 11) is -1.87. The fourth-order valence-electron chi connectivity index (χ4n) is 5.07. The van der Waals surface area contributed by atoms with Crippen molar-refractivity contribution in [2.24, 2.45) is 0 Å². The number of hydrogen-bond donors (Lipinski definition) is 0. The molecule has 4 heterocycles. The highest BCUT2D eigenvalue weighted by Crippen LogP contribution is 2.43. The number of aromatic nitrogens is 3. The molecule has 232 valence electrons. The van der Waals surface area contributed by atoms with Gasteiger partial charge in [-0.25, -0.2) is 19.7 Å². The van der Waals surface area contributed by atoms with E-state index < -0.39 is 20.0 Å². The molecule has 1 aliphatic heterocycles. The number of ether oxygens (including phenoxy) is 1. The average molecular weight is 613 g/mol. The Balaban J connectivity index is 1.49. The maximum absolute atomic E-state index is 13.6. The third kappa shape index (κ3) is 7.28. The highest BCUT2D eigenvalue weighted by molar-refractivity contribution is 6.74. The molecule has 2 fully saturated rings. The third-order valence-corrected chi connectivity index (χ3v) is 13.1. The van der Waals surface area contributed by atoms with Crippen LogP contribution in [0.2, 0.25) is 18.1 Å². The van der Waals surface area contributed by atoms with Crippen LogP contribution < -0.4 is 9.80 Å². The second-order valence-corrected chi connectivity index (χ2v) is 19.2. The summed E-state index contributed by atoms with van der Waals surface area (Å²) < 4.78 is 12.5. The van der Waals surface area contributed by atoms with Crippen molar-refractivity contribution in [2.45, 2.75) is 96.6 Å². The SMILES string of the molecule is CC(C)(C)OC(=O)N(c1cc(C#N)ccn1)c1cc(C2CC2)cc(-c2cncc(N3CCC(O[Si](C)(C)C(C)(C)C)C3)c2)n1. The largest absolute Gasteiger partial charge is 0.443 e. The molecule has 3 aromatic heterocycles. The number of anilines is 3. The Morgan fingerprint density at radius 3 is 2.45 bits per heavy atom. The van der Waals surface area contributed by atoms with Gasteiger partial charge >= 0.3 is 6.09 Å². The van der Waals surface area contributed by atoms with Crippen molar-refractivity contribution < 1.29 is 14.0 Å². The van der Waals surface area contributed by atoms with Crippen molar-refractivity contribution >= 4 is 31.7 Å². The van der Waals surface area contributed by atoms with Crippen LogP contribution in [0.3, 0.4) is 0 Å². The van der Waals surface area contributed by atoms with Crippen molar-refractivity contribution in [1.82, 2.24) is 15.0 Å². The monoisotopic (exact) mass is 612 g/mol. The van der Waals surface area contributed by atoms with Gasteiger partial charge < -0.3 is 14.1 Å². The summed E-state index contributed by atoms with van der Waals surface area (Å²) in [5.74, 6) is 1.08. The van der Waals surface area contributed by atoms with Crippen LogP contribution in [-0.4, -0.2) is 54.2 Å². The fraction of sp³-hybridized carbons (Fsp3) is 0.500. The van der Waals surface area contributed by atoms with E-state index in [1.54, 1.807) is 12.1 Å². The van der Waals surface area contributed by atoms with Crippen LogP contribution in [0.25, 0.3) is 11.3 Å². The minimum Gasteiger partial charge on any atom is -0.443 e. The summed E-state index contributed by atoms with van der Waals surface area (Å²) in [5, 5.41) is 9.70. The molecule has 9 nitrogen and oxygen atoms in total.